The largest absolute Gasteiger partial charge is 0.378 e. The Labute approximate surface area is 113 Å². The third-order valence-electron chi connectivity index (χ3n) is 4.47. The molecular formula is C16H31NO. The van der Waals surface area contributed by atoms with E-state index in [-0.39, 0.29) is 0 Å². The number of rotatable bonds is 8. The van der Waals surface area contributed by atoms with Crippen molar-refractivity contribution in [2.24, 2.45) is 5.41 Å². The zero-order chi connectivity index (χ0) is 12.8. The van der Waals surface area contributed by atoms with Gasteiger partial charge in [-0.2, -0.15) is 0 Å². The molecule has 0 heterocycles. The number of nitrogens with one attached hydrogen (secondary N) is 1. The Morgan fingerprint density at radius 3 is 2.39 bits per heavy atom. The van der Waals surface area contributed by atoms with Gasteiger partial charge in [-0.1, -0.05) is 13.8 Å². The molecule has 2 saturated carbocycles. The molecule has 2 nitrogen and oxygen atoms in total. The molecule has 0 spiro atoms. The summed E-state index contributed by atoms with van der Waals surface area (Å²) in [6, 6.07) is 0.867. The first-order chi connectivity index (χ1) is 8.66. The molecule has 0 aromatic rings. The Kier molecular flexibility index (Phi) is 5.50. The lowest BCUT2D eigenvalue weighted by atomic mass is 9.76. The number of unbranched alkanes of at least 4 members (excludes halogenated alkanes) is 2. The first kappa shape index (κ1) is 14.3. The van der Waals surface area contributed by atoms with Crippen molar-refractivity contribution in [1.29, 1.82) is 0 Å². The summed E-state index contributed by atoms with van der Waals surface area (Å²) in [7, 11) is 0. The van der Waals surface area contributed by atoms with Crippen molar-refractivity contribution in [2.75, 3.05) is 13.2 Å². The van der Waals surface area contributed by atoms with Crippen molar-refractivity contribution in [3.05, 3.63) is 0 Å². The van der Waals surface area contributed by atoms with Crippen molar-refractivity contribution >= 4 is 0 Å². The van der Waals surface area contributed by atoms with Crippen molar-refractivity contribution < 1.29 is 4.74 Å². The molecular weight excluding hydrogens is 222 g/mol. The fourth-order valence-electron chi connectivity index (χ4n) is 2.79. The van der Waals surface area contributed by atoms with Crippen LogP contribution in [0.2, 0.25) is 0 Å². The maximum absolute atomic E-state index is 6.00. The van der Waals surface area contributed by atoms with Crippen LogP contribution in [0.15, 0.2) is 0 Å². The predicted octanol–water partition coefficient (Wildman–Crippen LogP) is 3.89. The SMILES string of the molecule is CC1(C)CCC(OCCCCCNC2CC2)CC1. The number of ether oxygens (including phenoxy) is 1. The maximum atomic E-state index is 6.00. The fraction of sp³-hybridized carbons (Fsp3) is 1.00. The van der Waals surface area contributed by atoms with Crippen LogP contribution in [0.25, 0.3) is 0 Å². The van der Waals surface area contributed by atoms with E-state index in [9.17, 15) is 0 Å². The molecule has 0 aliphatic heterocycles. The normalized spacial score (nSPS) is 24.3. The minimum atomic E-state index is 0.558. The van der Waals surface area contributed by atoms with Gasteiger partial charge in [0.2, 0.25) is 0 Å². The minimum absolute atomic E-state index is 0.558. The number of hydrogen-bond acceptors (Lipinski definition) is 2. The van der Waals surface area contributed by atoms with Gasteiger partial charge in [0, 0.05) is 12.6 Å². The van der Waals surface area contributed by atoms with Gasteiger partial charge in [0.15, 0.2) is 0 Å². The zero-order valence-corrected chi connectivity index (χ0v) is 12.3. The van der Waals surface area contributed by atoms with Crippen LogP contribution in [0.4, 0.5) is 0 Å². The summed E-state index contributed by atoms with van der Waals surface area (Å²) in [5.74, 6) is 0. The molecule has 0 atom stereocenters. The summed E-state index contributed by atoms with van der Waals surface area (Å²) in [5.41, 5.74) is 0.564. The van der Waals surface area contributed by atoms with Crippen LogP contribution in [0.3, 0.4) is 0 Å². The Bertz CT molecular complexity index is 225. The van der Waals surface area contributed by atoms with Gasteiger partial charge in [-0.3, -0.25) is 0 Å². The number of hydrogen-bond donors (Lipinski definition) is 1. The molecule has 2 aliphatic rings. The van der Waals surface area contributed by atoms with E-state index in [1.165, 1.54) is 64.3 Å². The molecule has 0 bridgehead atoms. The first-order valence-corrected chi connectivity index (χ1v) is 8.01. The molecule has 18 heavy (non-hydrogen) atoms. The van der Waals surface area contributed by atoms with Crippen molar-refractivity contribution in [1.82, 2.24) is 5.32 Å². The third kappa shape index (κ3) is 5.71. The second kappa shape index (κ2) is 6.91. The third-order valence-corrected chi connectivity index (χ3v) is 4.47. The lowest BCUT2D eigenvalue weighted by Crippen LogP contribution is -2.26. The molecule has 0 saturated heterocycles. The topological polar surface area (TPSA) is 21.3 Å². The molecule has 1 N–H and O–H groups in total. The van der Waals surface area contributed by atoms with Gasteiger partial charge >= 0.3 is 0 Å². The van der Waals surface area contributed by atoms with Crippen LogP contribution in [-0.2, 0) is 4.74 Å². The highest BCUT2D eigenvalue weighted by atomic mass is 16.5. The summed E-state index contributed by atoms with van der Waals surface area (Å²) in [5, 5.41) is 3.57. The summed E-state index contributed by atoms with van der Waals surface area (Å²) < 4.78 is 6.00. The van der Waals surface area contributed by atoms with Crippen LogP contribution in [0.1, 0.15) is 71.6 Å². The second-order valence-electron chi connectivity index (χ2n) is 7.02. The van der Waals surface area contributed by atoms with Gasteiger partial charge in [0.25, 0.3) is 0 Å². The van der Waals surface area contributed by atoms with Gasteiger partial charge in [0.05, 0.1) is 6.10 Å². The Balaban J connectivity index is 1.39. The molecule has 0 amide bonds. The predicted molar refractivity (Wildman–Crippen MR) is 76.9 cm³/mol. The van der Waals surface area contributed by atoms with Crippen LogP contribution in [-0.4, -0.2) is 25.3 Å². The molecule has 2 rings (SSSR count). The van der Waals surface area contributed by atoms with E-state index < -0.39 is 0 Å². The van der Waals surface area contributed by atoms with Crippen LogP contribution < -0.4 is 5.32 Å². The van der Waals surface area contributed by atoms with Gasteiger partial charge in [0.1, 0.15) is 0 Å². The van der Waals surface area contributed by atoms with E-state index in [1.54, 1.807) is 0 Å². The molecule has 2 fully saturated rings. The average Bonchev–Trinajstić information content (AvgIpc) is 3.14. The van der Waals surface area contributed by atoms with E-state index in [4.69, 9.17) is 4.74 Å². The lowest BCUT2D eigenvalue weighted by Gasteiger charge is -2.34. The monoisotopic (exact) mass is 253 g/mol. The minimum Gasteiger partial charge on any atom is -0.378 e. The lowest BCUT2D eigenvalue weighted by molar-refractivity contribution is 0.00277. The molecule has 2 heteroatoms. The molecule has 0 aromatic carbocycles. The maximum Gasteiger partial charge on any atom is 0.0575 e. The molecule has 0 radical (unpaired) electrons. The quantitative estimate of drug-likeness (QED) is 0.663. The highest BCUT2D eigenvalue weighted by molar-refractivity contribution is 4.80. The van der Waals surface area contributed by atoms with Gasteiger partial charge in [-0.15, -0.1) is 0 Å². The molecule has 0 aromatic heterocycles. The highest BCUT2D eigenvalue weighted by Gasteiger charge is 2.26. The van der Waals surface area contributed by atoms with Crippen LogP contribution in [0, 0.1) is 5.41 Å². The summed E-state index contributed by atoms with van der Waals surface area (Å²) in [6.07, 6.45) is 12.5. The Hall–Kier alpha value is -0.0800. The van der Waals surface area contributed by atoms with E-state index in [2.05, 4.69) is 19.2 Å². The summed E-state index contributed by atoms with van der Waals surface area (Å²) in [4.78, 5) is 0. The van der Waals surface area contributed by atoms with Crippen molar-refractivity contribution in [3.8, 4) is 0 Å². The zero-order valence-electron chi connectivity index (χ0n) is 12.3. The summed E-state index contributed by atoms with van der Waals surface area (Å²) >= 11 is 0. The van der Waals surface area contributed by atoms with Gasteiger partial charge in [-0.05, 0) is 69.7 Å². The highest BCUT2D eigenvalue weighted by Crippen LogP contribution is 2.36. The molecule has 0 unspecified atom stereocenters. The Morgan fingerprint density at radius 2 is 1.72 bits per heavy atom. The fourth-order valence-corrected chi connectivity index (χ4v) is 2.79. The standard InChI is InChI=1S/C16H31NO/c1-16(2)10-8-15(9-11-16)18-13-5-3-4-12-17-14-6-7-14/h14-15,17H,3-13H2,1-2H3. The van der Waals surface area contributed by atoms with E-state index in [1.807, 2.05) is 0 Å². The Morgan fingerprint density at radius 1 is 1.00 bits per heavy atom. The molecule has 106 valence electrons. The smallest absolute Gasteiger partial charge is 0.0575 e. The van der Waals surface area contributed by atoms with E-state index in [0.717, 1.165) is 12.6 Å². The van der Waals surface area contributed by atoms with Gasteiger partial charge < -0.3 is 10.1 Å². The summed E-state index contributed by atoms with van der Waals surface area (Å²) in [6.45, 7) is 6.96. The van der Waals surface area contributed by atoms with Crippen molar-refractivity contribution in [2.45, 2.75) is 83.8 Å². The average molecular weight is 253 g/mol. The first-order valence-electron chi connectivity index (χ1n) is 8.01. The van der Waals surface area contributed by atoms with Gasteiger partial charge in [-0.25, -0.2) is 0 Å². The van der Waals surface area contributed by atoms with E-state index >= 15 is 0 Å². The molecule has 2 aliphatic carbocycles. The van der Waals surface area contributed by atoms with Crippen LogP contribution in [0.5, 0.6) is 0 Å². The second-order valence-corrected chi connectivity index (χ2v) is 7.02. The van der Waals surface area contributed by atoms with E-state index in [0.29, 0.717) is 11.5 Å². The van der Waals surface area contributed by atoms with Crippen molar-refractivity contribution in [3.63, 3.8) is 0 Å². The van der Waals surface area contributed by atoms with Crippen LogP contribution >= 0.6 is 0 Å².